The third-order valence-corrected chi connectivity index (χ3v) is 7.03. The molecule has 0 saturated heterocycles. The first-order valence-corrected chi connectivity index (χ1v) is 14.1. The van der Waals surface area contributed by atoms with Crippen molar-refractivity contribution in [2.45, 2.75) is 45.7 Å². The minimum absolute atomic E-state index is 0.0482. The van der Waals surface area contributed by atoms with Crippen LogP contribution in [-0.4, -0.2) is 54.8 Å². The number of nitrogens with two attached hydrogens (primary N) is 2. The van der Waals surface area contributed by atoms with E-state index in [4.69, 9.17) is 16.3 Å². The Labute approximate surface area is 234 Å². The lowest BCUT2D eigenvalue weighted by Gasteiger charge is -2.32. The molecule has 10 nitrogen and oxygen atoms in total. The van der Waals surface area contributed by atoms with E-state index in [9.17, 15) is 14.4 Å². The number of para-hydroxylation sites is 1. The van der Waals surface area contributed by atoms with Gasteiger partial charge in [0.25, 0.3) is 0 Å². The van der Waals surface area contributed by atoms with Crippen LogP contribution < -0.4 is 26.5 Å². The zero-order valence-corrected chi connectivity index (χ0v) is 23.6. The van der Waals surface area contributed by atoms with Crippen molar-refractivity contribution >= 4 is 46.8 Å². The van der Waals surface area contributed by atoms with Crippen LogP contribution in [0.4, 0.5) is 10.5 Å². The molecule has 39 heavy (non-hydrogen) atoms. The van der Waals surface area contributed by atoms with Crippen LogP contribution in [0, 0.1) is 0 Å². The van der Waals surface area contributed by atoms with Crippen molar-refractivity contribution < 1.29 is 19.1 Å². The number of hydrogen-bond acceptors (Lipinski definition) is 9. The molecule has 1 unspecified atom stereocenters. The predicted octanol–water partition coefficient (Wildman–Crippen LogP) is 3.24. The van der Waals surface area contributed by atoms with Gasteiger partial charge in [-0.15, -0.1) is 0 Å². The Bertz CT molecular complexity index is 1200. The lowest BCUT2D eigenvalue weighted by atomic mass is 9.95. The number of rotatable bonds is 12. The van der Waals surface area contributed by atoms with Crippen LogP contribution in [0.5, 0.6) is 0 Å². The molecule has 1 atom stereocenters. The lowest BCUT2D eigenvalue weighted by Crippen LogP contribution is -2.38. The average Bonchev–Trinajstić information content (AvgIpc) is 2.90. The number of ketones is 1. The SMILES string of the molecule is CSNC(CCCCNC(=O)OCCN(N)/C1=C(\N)c2ccccc2N(C(C)=O)Cc2ccccc21)C(C)=O. The van der Waals surface area contributed by atoms with E-state index in [0.717, 1.165) is 24.0 Å². The second-order valence-corrected chi connectivity index (χ2v) is 9.92. The average molecular weight is 555 g/mol. The van der Waals surface area contributed by atoms with Crippen molar-refractivity contribution in [1.29, 1.82) is 0 Å². The highest BCUT2D eigenvalue weighted by molar-refractivity contribution is 7.96. The Hall–Kier alpha value is -3.54. The fourth-order valence-corrected chi connectivity index (χ4v) is 5.06. The molecular formula is C28H38N6O4S. The summed E-state index contributed by atoms with van der Waals surface area (Å²) >= 11 is 1.42. The maximum absolute atomic E-state index is 12.5. The van der Waals surface area contributed by atoms with E-state index in [1.54, 1.807) is 11.8 Å². The summed E-state index contributed by atoms with van der Waals surface area (Å²) in [5.41, 5.74) is 10.8. The van der Waals surface area contributed by atoms with Crippen molar-refractivity contribution in [2.75, 3.05) is 30.9 Å². The van der Waals surface area contributed by atoms with Gasteiger partial charge in [0, 0.05) is 24.6 Å². The highest BCUT2D eigenvalue weighted by Crippen LogP contribution is 2.36. The van der Waals surface area contributed by atoms with E-state index in [1.165, 1.54) is 23.9 Å². The predicted molar refractivity (Wildman–Crippen MR) is 156 cm³/mol. The van der Waals surface area contributed by atoms with Crippen LogP contribution in [0.15, 0.2) is 48.5 Å². The number of fused-ring (bicyclic) bond motifs is 2. The van der Waals surface area contributed by atoms with Crippen LogP contribution in [0.2, 0.25) is 0 Å². The van der Waals surface area contributed by atoms with Crippen molar-refractivity contribution in [3.8, 4) is 0 Å². The number of carbonyl (C=O) groups is 3. The first-order valence-electron chi connectivity index (χ1n) is 12.9. The largest absolute Gasteiger partial charge is 0.448 e. The Morgan fingerprint density at radius 2 is 1.77 bits per heavy atom. The number of alkyl carbamates (subject to hydrolysis) is 1. The number of carbonyl (C=O) groups excluding carboxylic acids is 3. The molecule has 1 heterocycles. The fraction of sp³-hybridized carbons (Fsp3) is 0.393. The van der Waals surface area contributed by atoms with Crippen LogP contribution in [0.25, 0.3) is 11.4 Å². The summed E-state index contributed by atoms with van der Waals surface area (Å²) in [6.45, 7) is 4.17. The van der Waals surface area contributed by atoms with Gasteiger partial charge in [-0.1, -0.05) is 54.4 Å². The van der Waals surface area contributed by atoms with Gasteiger partial charge in [0.1, 0.15) is 12.4 Å². The van der Waals surface area contributed by atoms with E-state index in [1.807, 2.05) is 54.8 Å². The minimum Gasteiger partial charge on any atom is -0.448 e. The van der Waals surface area contributed by atoms with Gasteiger partial charge in [0.2, 0.25) is 5.91 Å². The van der Waals surface area contributed by atoms with Crippen LogP contribution >= 0.6 is 11.9 Å². The number of nitrogens with zero attached hydrogens (tertiary/aromatic N) is 2. The van der Waals surface area contributed by atoms with Gasteiger partial charge in [0.15, 0.2) is 0 Å². The first kappa shape index (κ1) is 30.0. The maximum Gasteiger partial charge on any atom is 0.407 e. The standard InChI is InChI=1S/C28H38N6O4S/c1-19(35)24(32-39-3)13-8-9-15-31-28(37)38-17-16-34(30)27-22-11-5-4-10-21(22)18-33(20(2)36)25-14-7-6-12-23(25)26(27)29/h4-7,10-12,14,24,32H,8-9,13,15-18,29-30H2,1-3H3,(H,31,37)/b27-26-. The molecule has 0 aromatic heterocycles. The number of anilines is 1. The molecule has 0 saturated carbocycles. The van der Waals surface area contributed by atoms with Crippen LogP contribution in [-0.2, 0) is 20.9 Å². The van der Waals surface area contributed by atoms with Gasteiger partial charge in [-0.05, 0) is 44.1 Å². The van der Waals surface area contributed by atoms with Gasteiger partial charge in [-0.3, -0.25) is 14.3 Å². The Kier molecular flexibility index (Phi) is 11.2. The minimum atomic E-state index is -0.531. The molecule has 210 valence electrons. The topological polar surface area (TPSA) is 143 Å². The van der Waals surface area contributed by atoms with Crippen LogP contribution in [0.3, 0.4) is 0 Å². The van der Waals surface area contributed by atoms with Gasteiger partial charge in [-0.25, -0.2) is 10.6 Å². The summed E-state index contributed by atoms with van der Waals surface area (Å²) in [6.07, 6.45) is 3.59. The number of Topliss-reactive ketones (excluding diaryl/α,β-unsaturated/α-hetero) is 1. The summed E-state index contributed by atoms with van der Waals surface area (Å²) in [7, 11) is 0. The first-order chi connectivity index (χ1) is 18.7. The lowest BCUT2D eigenvalue weighted by molar-refractivity contribution is -0.118. The maximum atomic E-state index is 12.5. The summed E-state index contributed by atoms with van der Waals surface area (Å²) in [6, 6.07) is 14.9. The molecule has 0 fully saturated rings. The van der Waals surface area contributed by atoms with Gasteiger partial charge in [-0.2, -0.15) is 0 Å². The second-order valence-electron chi connectivity index (χ2n) is 9.28. The molecule has 2 amide bonds. The van der Waals surface area contributed by atoms with Gasteiger partial charge >= 0.3 is 6.09 Å². The van der Waals surface area contributed by atoms with E-state index in [-0.39, 0.29) is 30.9 Å². The van der Waals surface area contributed by atoms with Crippen molar-refractivity contribution in [3.63, 3.8) is 0 Å². The zero-order valence-electron chi connectivity index (χ0n) is 22.7. The molecule has 0 bridgehead atoms. The summed E-state index contributed by atoms with van der Waals surface area (Å²) in [5.74, 6) is 6.51. The number of benzene rings is 2. The smallest absolute Gasteiger partial charge is 0.407 e. The Balaban J connectivity index is 1.63. The molecule has 2 aromatic carbocycles. The Morgan fingerprint density at radius 3 is 2.46 bits per heavy atom. The number of unbranched alkanes of at least 4 members (excludes halogenated alkanes) is 1. The zero-order chi connectivity index (χ0) is 28.4. The number of nitrogens with one attached hydrogen (secondary N) is 2. The molecule has 0 aliphatic carbocycles. The highest BCUT2D eigenvalue weighted by Gasteiger charge is 2.26. The van der Waals surface area contributed by atoms with E-state index >= 15 is 0 Å². The van der Waals surface area contributed by atoms with E-state index < -0.39 is 6.09 Å². The fourth-order valence-electron chi connectivity index (χ4n) is 4.50. The van der Waals surface area contributed by atoms with Gasteiger partial charge < -0.3 is 25.7 Å². The third-order valence-electron chi connectivity index (χ3n) is 6.51. The number of amides is 2. The van der Waals surface area contributed by atoms with Crippen molar-refractivity contribution in [2.24, 2.45) is 11.6 Å². The Morgan fingerprint density at radius 1 is 1.08 bits per heavy atom. The second kappa shape index (κ2) is 14.6. The number of hydrogen-bond donors (Lipinski definition) is 4. The summed E-state index contributed by atoms with van der Waals surface area (Å²) in [5, 5.41) is 4.23. The molecule has 1 aliphatic rings. The van der Waals surface area contributed by atoms with E-state index in [2.05, 4.69) is 10.0 Å². The molecule has 0 radical (unpaired) electrons. The third kappa shape index (κ3) is 7.98. The molecule has 0 spiro atoms. The molecular weight excluding hydrogens is 516 g/mol. The molecule has 1 aliphatic heterocycles. The van der Waals surface area contributed by atoms with E-state index in [0.29, 0.717) is 42.2 Å². The molecule has 11 heteroatoms. The van der Waals surface area contributed by atoms with Crippen molar-refractivity contribution in [3.05, 3.63) is 65.2 Å². The van der Waals surface area contributed by atoms with Gasteiger partial charge in [0.05, 0.1) is 36.2 Å². The molecule has 6 N–H and O–H groups in total. The monoisotopic (exact) mass is 554 g/mol. The number of hydrazine groups is 1. The highest BCUT2D eigenvalue weighted by atomic mass is 32.2. The molecule has 2 aromatic rings. The molecule has 3 rings (SSSR count). The van der Waals surface area contributed by atoms with Crippen molar-refractivity contribution in [1.82, 2.24) is 15.0 Å². The normalized spacial score (nSPS) is 15.3. The summed E-state index contributed by atoms with van der Waals surface area (Å²) in [4.78, 5) is 38.0. The van der Waals surface area contributed by atoms with Crippen LogP contribution in [0.1, 0.15) is 49.8 Å². The summed E-state index contributed by atoms with van der Waals surface area (Å²) < 4.78 is 8.43. The quantitative estimate of drug-likeness (QED) is 0.135. The number of ether oxygens (including phenoxy) is 1.